The van der Waals surface area contributed by atoms with Crippen LogP contribution in [0.15, 0.2) is 55.1 Å². The van der Waals surface area contributed by atoms with Gasteiger partial charge in [0.1, 0.15) is 11.6 Å². The minimum Gasteiger partial charge on any atom is -0.423 e. The largest absolute Gasteiger partial charge is 0.423 e. The first-order valence-corrected chi connectivity index (χ1v) is 6.76. The van der Waals surface area contributed by atoms with Crippen LogP contribution in [0, 0.1) is 12.7 Å². The lowest BCUT2D eigenvalue weighted by Gasteiger charge is -2.05. The van der Waals surface area contributed by atoms with Gasteiger partial charge in [-0.05, 0) is 54.7 Å². The highest BCUT2D eigenvalue weighted by Crippen LogP contribution is 2.15. The first-order valence-electron chi connectivity index (χ1n) is 6.76. The third kappa shape index (κ3) is 4.28. The first kappa shape index (κ1) is 15.0. The van der Waals surface area contributed by atoms with Gasteiger partial charge in [0.15, 0.2) is 0 Å². The minimum atomic E-state index is -0.474. The standard InChI is InChI=1S/C18H17FO2/c1-3-18(20)21-16-10-8-14(9-11-16)6-7-15-5-4-13(2)17(19)12-15/h3-5,8-12H,1,6-7H2,2H3. The average molecular weight is 284 g/mol. The predicted molar refractivity (Wildman–Crippen MR) is 80.8 cm³/mol. The summed E-state index contributed by atoms with van der Waals surface area (Å²) >= 11 is 0. The van der Waals surface area contributed by atoms with Crippen molar-refractivity contribution in [1.82, 2.24) is 0 Å². The summed E-state index contributed by atoms with van der Waals surface area (Å²) in [5, 5.41) is 0. The number of carbonyl (C=O) groups excluding carboxylic acids is 1. The van der Waals surface area contributed by atoms with Gasteiger partial charge in [-0.2, -0.15) is 0 Å². The Morgan fingerprint density at radius 1 is 1.14 bits per heavy atom. The molecule has 0 spiro atoms. The van der Waals surface area contributed by atoms with Gasteiger partial charge in [0.25, 0.3) is 0 Å². The number of aryl methyl sites for hydroxylation is 3. The molecule has 0 saturated carbocycles. The Labute approximate surface area is 123 Å². The van der Waals surface area contributed by atoms with E-state index in [0.717, 1.165) is 30.0 Å². The van der Waals surface area contributed by atoms with E-state index in [1.54, 1.807) is 31.2 Å². The van der Waals surface area contributed by atoms with Gasteiger partial charge in [-0.15, -0.1) is 0 Å². The molecule has 3 heteroatoms. The van der Waals surface area contributed by atoms with Crippen molar-refractivity contribution in [3.8, 4) is 5.75 Å². The van der Waals surface area contributed by atoms with Gasteiger partial charge in [0.05, 0.1) is 0 Å². The zero-order valence-corrected chi connectivity index (χ0v) is 11.9. The summed E-state index contributed by atoms with van der Waals surface area (Å²) in [5.41, 5.74) is 2.74. The van der Waals surface area contributed by atoms with Crippen molar-refractivity contribution in [3.63, 3.8) is 0 Å². The number of rotatable bonds is 5. The molecule has 2 aromatic rings. The van der Waals surface area contributed by atoms with Crippen LogP contribution >= 0.6 is 0 Å². The first-order chi connectivity index (χ1) is 10.1. The van der Waals surface area contributed by atoms with Crippen molar-refractivity contribution in [2.45, 2.75) is 19.8 Å². The van der Waals surface area contributed by atoms with Gasteiger partial charge >= 0.3 is 5.97 Å². The van der Waals surface area contributed by atoms with Crippen molar-refractivity contribution in [1.29, 1.82) is 0 Å². The highest BCUT2D eigenvalue weighted by atomic mass is 19.1. The summed E-state index contributed by atoms with van der Waals surface area (Å²) in [6.45, 7) is 5.10. The monoisotopic (exact) mass is 284 g/mol. The van der Waals surface area contributed by atoms with Crippen LogP contribution in [-0.4, -0.2) is 5.97 Å². The van der Waals surface area contributed by atoms with E-state index in [-0.39, 0.29) is 5.82 Å². The van der Waals surface area contributed by atoms with Crippen molar-refractivity contribution in [2.75, 3.05) is 0 Å². The molecule has 0 amide bonds. The van der Waals surface area contributed by atoms with Crippen LogP contribution in [-0.2, 0) is 17.6 Å². The Bertz CT molecular complexity index is 645. The van der Waals surface area contributed by atoms with Crippen LogP contribution in [0.25, 0.3) is 0 Å². The van der Waals surface area contributed by atoms with Crippen LogP contribution in [0.4, 0.5) is 4.39 Å². The number of carbonyl (C=O) groups is 1. The summed E-state index contributed by atoms with van der Waals surface area (Å²) < 4.78 is 18.5. The topological polar surface area (TPSA) is 26.3 Å². The molecule has 0 aromatic heterocycles. The highest BCUT2D eigenvalue weighted by Gasteiger charge is 2.02. The Kier molecular flexibility index (Phi) is 4.88. The Morgan fingerprint density at radius 3 is 2.38 bits per heavy atom. The summed E-state index contributed by atoms with van der Waals surface area (Å²) in [6.07, 6.45) is 2.70. The molecule has 2 nitrogen and oxygen atoms in total. The van der Waals surface area contributed by atoms with E-state index >= 15 is 0 Å². The van der Waals surface area contributed by atoms with E-state index in [1.807, 2.05) is 18.2 Å². The van der Waals surface area contributed by atoms with E-state index in [2.05, 4.69) is 6.58 Å². The number of esters is 1. The fraction of sp³-hybridized carbons (Fsp3) is 0.167. The number of hydrogen-bond acceptors (Lipinski definition) is 2. The van der Waals surface area contributed by atoms with Crippen molar-refractivity contribution < 1.29 is 13.9 Å². The summed E-state index contributed by atoms with van der Waals surface area (Å²) in [6, 6.07) is 12.6. The second-order valence-corrected chi connectivity index (χ2v) is 4.85. The van der Waals surface area contributed by atoms with Gasteiger partial charge in [-0.25, -0.2) is 9.18 Å². The molecule has 0 aliphatic heterocycles. The quantitative estimate of drug-likeness (QED) is 0.471. The number of benzene rings is 2. The molecule has 0 bridgehead atoms. The Morgan fingerprint density at radius 2 is 1.76 bits per heavy atom. The second-order valence-electron chi connectivity index (χ2n) is 4.85. The molecular weight excluding hydrogens is 267 g/mol. The van der Waals surface area contributed by atoms with Crippen molar-refractivity contribution >= 4 is 5.97 Å². The van der Waals surface area contributed by atoms with Crippen LogP contribution in [0.2, 0.25) is 0 Å². The second kappa shape index (κ2) is 6.84. The van der Waals surface area contributed by atoms with Crippen molar-refractivity contribution in [2.24, 2.45) is 0 Å². The van der Waals surface area contributed by atoms with Gasteiger partial charge < -0.3 is 4.74 Å². The normalized spacial score (nSPS) is 10.2. The van der Waals surface area contributed by atoms with E-state index < -0.39 is 5.97 Å². The third-order valence-electron chi connectivity index (χ3n) is 3.25. The average Bonchev–Trinajstić information content (AvgIpc) is 2.50. The minimum absolute atomic E-state index is 0.167. The van der Waals surface area contributed by atoms with Gasteiger partial charge in [0.2, 0.25) is 0 Å². The summed E-state index contributed by atoms with van der Waals surface area (Å²) in [5.74, 6) is -0.151. The molecular formula is C18H17FO2. The smallest absolute Gasteiger partial charge is 0.335 e. The highest BCUT2D eigenvalue weighted by molar-refractivity contribution is 5.83. The maximum atomic E-state index is 13.5. The van der Waals surface area contributed by atoms with Gasteiger partial charge in [-0.1, -0.05) is 30.8 Å². The lowest BCUT2D eigenvalue weighted by atomic mass is 10.0. The zero-order valence-electron chi connectivity index (χ0n) is 11.9. The van der Waals surface area contributed by atoms with E-state index in [0.29, 0.717) is 11.3 Å². The molecule has 0 N–H and O–H groups in total. The van der Waals surface area contributed by atoms with Gasteiger partial charge in [-0.3, -0.25) is 0 Å². The summed E-state index contributed by atoms with van der Waals surface area (Å²) in [7, 11) is 0. The van der Waals surface area contributed by atoms with Crippen LogP contribution in [0.5, 0.6) is 5.75 Å². The van der Waals surface area contributed by atoms with Crippen LogP contribution in [0.1, 0.15) is 16.7 Å². The molecule has 108 valence electrons. The van der Waals surface area contributed by atoms with E-state index in [9.17, 15) is 9.18 Å². The van der Waals surface area contributed by atoms with Crippen LogP contribution in [0.3, 0.4) is 0 Å². The van der Waals surface area contributed by atoms with Gasteiger partial charge in [0, 0.05) is 6.08 Å². The van der Waals surface area contributed by atoms with E-state index in [4.69, 9.17) is 4.74 Å². The van der Waals surface area contributed by atoms with Crippen molar-refractivity contribution in [3.05, 3.63) is 77.6 Å². The molecule has 0 radical (unpaired) electrons. The molecule has 0 unspecified atom stereocenters. The fourth-order valence-electron chi connectivity index (χ4n) is 1.96. The molecule has 2 aromatic carbocycles. The SMILES string of the molecule is C=CC(=O)Oc1ccc(CCc2ccc(C)c(F)c2)cc1. The molecule has 0 heterocycles. The molecule has 21 heavy (non-hydrogen) atoms. The maximum Gasteiger partial charge on any atom is 0.335 e. The lowest BCUT2D eigenvalue weighted by Crippen LogP contribution is -2.03. The van der Waals surface area contributed by atoms with Crippen LogP contribution < -0.4 is 4.74 Å². The number of hydrogen-bond donors (Lipinski definition) is 0. The molecule has 0 atom stereocenters. The Balaban J connectivity index is 1.95. The molecule has 0 aliphatic carbocycles. The fourth-order valence-corrected chi connectivity index (χ4v) is 1.96. The zero-order chi connectivity index (χ0) is 15.2. The molecule has 0 saturated heterocycles. The lowest BCUT2D eigenvalue weighted by molar-refractivity contribution is -0.128. The molecule has 0 fully saturated rings. The predicted octanol–water partition coefficient (Wildman–Crippen LogP) is 4.01. The molecule has 0 aliphatic rings. The Hall–Kier alpha value is -2.42. The third-order valence-corrected chi connectivity index (χ3v) is 3.25. The number of halogens is 1. The number of ether oxygens (including phenoxy) is 1. The summed E-state index contributed by atoms with van der Waals surface area (Å²) in [4.78, 5) is 11.1. The van der Waals surface area contributed by atoms with E-state index in [1.165, 1.54) is 0 Å². The maximum absolute atomic E-state index is 13.5. The molecule has 2 rings (SSSR count).